The second kappa shape index (κ2) is 8.04. The first-order valence-electron chi connectivity index (χ1n) is 9.23. The fourth-order valence-corrected chi connectivity index (χ4v) is 9.46. The molecule has 1 amide bonds. The summed E-state index contributed by atoms with van der Waals surface area (Å²) < 4.78 is 12.2. The summed E-state index contributed by atoms with van der Waals surface area (Å²) in [5, 5.41) is 0. The maximum atomic E-state index is 12.4. The number of amides is 1. The van der Waals surface area contributed by atoms with Gasteiger partial charge in [-0.15, -0.1) is 0 Å². The molecule has 0 aromatic rings. The average Bonchev–Trinajstić information content (AvgIpc) is 2.84. The third-order valence-electron chi connectivity index (χ3n) is 4.90. The highest BCUT2D eigenvalue weighted by atomic mass is 28.4. The van der Waals surface area contributed by atoms with E-state index in [-0.39, 0.29) is 12.1 Å². The normalized spacial score (nSPS) is 19.0. The topological polar surface area (TPSA) is 38.8 Å². The molecule has 24 heavy (non-hydrogen) atoms. The quantitative estimate of drug-likeness (QED) is 0.573. The Morgan fingerprint density at radius 3 is 2.04 bits per heavy atom. The predicted molar refractivity (Wildman–Crippen MR) is 103 cm³/mol. The minimum Gasteiger partial charge on any atom is -0.443 e. The fourth-order valence-electron chi connectivity index (χ4n) is 3.98. The number of hydrogen-bond donors (Lipinski definition) is 0. The highest BCUT2D eigenvalue weighted by Gasteiger charge is 2.46. The van der Waals surface area contributed by atoms with Gasteiger partial charge < -0.3 is 9.16 Å². The van der Waals surface area contributed by atoms with Crippen LogP contribution in [0.1, 0.15) is 68.7 Å². The van der Waals surface area contributed by atoms with E-state index in [9.17, 15) is 4.79 Å². The number of carbonyl (C=O) groups excluding carboxylic acids is 1. The van der Waals surface area contributed by atoms with Crippen LogP contribution >= 0.6 is 0 Å². The van der Waals surface area contributed by atoms with Crippen molar-refractivity contribution in [2.45, 2.75) is 97.0 Å². The lowest BCUT2D eigenvalue weighted by Gasteiger charge is -2.43. The lowest BCUT2D eigenvalue weighted by molar-refractivity contribution is 0.0245. The summed E-state index contributed by atoms with van der Waals surface area (Å²) in [5.74, 6) is 0. The Hall–Kier alpha value is -0.813. The van der Waals surface area contributed by atoms with Gasteiger partial charge in [-0.05, 0) is 43.8 Å². The van der Waals surface area contributed by atoms with Gasteiger partial charge in [-0.25, -0.2) is 4.79 Å². The van der Waals surface area contributed by atoms with E-state index in [1.165, 1.54) is 0 Å². The molecule has 0 aromatic carbocycles. The molecule has 0 N–H and O–H groups in total. The van der Waals surface area contributed by atoms with Gasteiger partial charge in [0.15, 0.2) is 8.32 Å². The Bertz CT molecular complexity index is 430. The monoisotopic (exact) mass is 355 g/mol. The Morgan fingerprint density at radius 1 is 1.12 bits per heavy atom. The van der Waals surface area contributed by atoms with Crippen molar-refractivity contribution in [1.82, 2.24) is 4.90 Å². The number of hydrogen-bond acceptors (Lipinski definition) is 3. The molecule has 0 aliphatic carbocycles. The van der Waals surface area contributed by atoms with Crippen LogP contribution in [0.3, 0.4) is 0 Å². The summed E-state index contributed by atoms with van der Waals surface area (Å²) in [6.45, 7) is 20.0. The summed E-state index contributed by atoms with van der Waals surface area (Å²) in [6, 6.07) is 0.0444. The van der Waals surface area contributed by atoms with Crippen LogP contribution in [-0.4, -0.2) is 37.6 Å². The van der Waals surface area contributed by atoms with E-state index in [0.29, 0.717) is 23.2 Å². The zero-order valence-electron chi connectivity index (χ0n) is 17.1. The summed E-state index contributed by atoms with van der Waals surface area (Å²) >= 11 is 0. The van der Waals surface area contributed by atoms with Crippen molar-refractivity contribution >= 4 is 14.4 Å². The molecule has 0 saturated heterocycles. The number of carbonyl (C=O) groups is 1. The SMILES string of the molecule is CC(C)[Si](OC[C@H]1CC=CN1C(=O)OC(C)(C)C)(C(C)C)C(C)C. The van der Waals surface area contributed by atoms with Gasteiger partial charge in [0.2, 0.25) is 0 Å². The standard InChI is InChI=1S/C19H37NO3Si/c1-14(2)24(15(3)4,16(5)6)22-13-17-11-10-12-20(17)18(21)23-19(7,8)9/h10,12,14-17H,11,13H2,1-9H3/t17-/m1/s1. The Morgan fingerprint density at radius 2 is 1.62 bits per heavy atom. The van der Waals surface area contributed by atoms with E-state index in [1.54, 1.807) is 4.90 Å². The van der Waals surface area contributed by atoms with Gasteiger partial charge in [0.25, 0.3) is 0 Å². The maximum Gasteiger partial charge on any atom is 0.414 e. The lowest BCUT2D eigenvalue weighted by Crippen LogP contribution is -2.50. The summed E-state index contributed by atoms with van der Waals surface area (Å²) in [7, 11) is -1.91. The molecule has 1 aliphatic rings. The van der Waals surface area contributed by atoms with Crippen LogP contribution in [0.25, 0.3) is 0 Å². The zero-order chi connectivity index (χ0) is 18.7. The molecule has 0 spiro atoms. The first-order chi connectivity index (χ1) is 10.9. The van der Waals surface area contributed by atoms with Crippen molar-refractivity contribution in [2.75, 3.05) is 6.61 Å². The summed E-state index contributed by atoms with van der Waals surface area (Å²) in [5.41, 5.74) is 1.15. The highest BCUT2D eigenvalue weighted by Crippen LogP contribution is 2.42. The molecule has 1 rings (SSSR count). The molecule has 0 fully saturated rings. The first kappa shape index (κ1) is 21.2. The van der Waals surface area contributed by atoms with Crippen LogP contribution in [0.2, 0.25) is 16.6 Å². The van der Waals surface area contributed by atoms with E-state index in [2.05, 4.69) is 41.5 Å². The van der Waals surface area contributed by atoms with Crippen molar-refractivity contribution < 1.29 is 14.0 Å². The molecule has 0 saturated carbocycles. The minimum atomic E-state index is -1.91. The Labute approximate surface area is 149 Å². The van der Waals surface area contributed by atoms with Gasteiger partial charge in [-0.3, -0.25) is 4.90 Å². The molecule has 140 valence electrons. The van der Waals surface area contributed by atoms with Crippen molar-refractivity contribution in [3.05, 3.63) is 12.3 Å². The molecule has 0 aromatic heterocycles. The van der Waals surface area contributed by atoms with E-state index < -0.39 is 13.9 Å². The third-order valence-corrected chi connectivity index (χ3v) is 11.0. The molecule has 0 unspecified atom stereocenters. The predicted octanol–water partition coefficient (Wildman–Crippen LogP) is 5.70. The fraction of sp³-hybridized carbons (Fsp3) is 0.842. The van der Waals surface area contributed by atoms with Gasteiger partial charge >= 0.3 is 6.09 Å². The third kappa shape index (κ3) is 4.85. The highest BCUT2D eigenvalue weighted by molar-refractivity contribution is 6.77. The van der Waals surface area contributed by atoms with Crippen LogP contribution in [0.15, 0.2) is 12.3 Å². The van der Waals surface area contributed by atoms with E-state index in [0.717, 1.165) is 6.42 Å². The van der Waals surface area contributed by atoms with Gasteiger partial charge in [0.1, 0.15) is 5.60 Å². The Balaban J connectivity index is 2.82. The van der Waals surface area contributed by atoms with Crippen molar-refractivity contribution in [2.24, 2.45) is 0 Å². The number of rotatable bonds is 6. The van der Waals surface area contributed by atoms with Crippen LogP contribution in [-0.2, 0) is 9.16 Å². The molecular weight excluding hydrogens is 318 g/mol. The average molecular weight is 356 g/mol. The van der Waals surface area contributed by atoms with Crippen LogP contribution in [0.4, 0.5) is 4.79 Å². The summed E-state index contributed by atoms with van der Waals surface area (Å²) in [6.07, 6.45) is 4.42. The molecule has 1 heterocycles. The lowest BCUT2D eigenvalue weighted by atomic mass is 10.2. The second-order valence-corrected chi connectivity index (χ2v) is 14.3. The second-order valence-electron chi connectivity index (χ2n) is 8.79. The first-order valence-corrected chi connectivity index (χ1v) is 11.4. The summed E-state index contributed by atoms with van der Waals surface area (Å²) in [4.78, 5) is 14.1. The molecule has 0 radical (unpaired) electrons. The van der Waals surface area contributed by atoms with E-state index >= 15 is 0 Å². The van der Waals surface area contributed by atoms with Gasteiger partial charge in [-0.1, -0.05) is 47.6 Å². The molecule has 1 aliphatic heterocycles. The largest absolute Gasteiger partial charge is 0.443 e. The van der Waals surface area contributed by atoms with Gasteiger partial charge in [0.05, 0.1) is 12.6 Å². The van der Waals surface area contributed by atoms with Crippen molar-refractivity contribution in [3.63, 3.8) is 0 Å². The molecule has 1 atom stereocenters. The molecular formula is C19H37NO3Si. The van der Waals surface area contributed by atoms with Crippen LogP contribution < -0.4 is 0 Å². The van der Waals surface area contributed by atoms with E-state index in [4.69, 9.17) is 9.16 Å². The van der Waals surface area contributed by atoms with Crippen LogP contribution in [0, 0.1) is 0 Å². The van der Waals surface area contributed by atoms with Gasteiger partial charge in [0, 0.05) is 6.20 Å². The van der Waals surface area contributed by atoms with Crippen molar-refractivity contribution in [3.8, 4) is 0 Å². The molecule has 4 nitrogen and oxygen atoms in total. The number of nitrogens with zero attached hydrogens (tertiary/aromatic N) is 1. The van der Waals surface area contributed by atoms with Gasteiger partial charge in [-0.2, -0.15) is 0 Å². The Kier molecular flexibility index (Phi) is 7.12. The number of ether oxygens (including phenoxy) is 1. The van der Waals surface area contributed by atoms with E-state index in [1.807, 2.05) is 33.0 Å². The molecule has 5 heteroatoms. The minimum absolute atomic E-state index is 0.0444. The van der Waals surface area contributed by atoms with Crippen LogP contribution in [0.5, 0.6) is 0 Å². The van der Waals surface area contributed by atoms with Crippen molar-refractivity contribution in [1.29, 1.82) is 0 Å². The zero-order valence-corrected chi connectivity index (χ0v) is 18.1. The molecule has 0 bridgehead atoms. The smallest absolute Gasteiger partial charge is 0.414 e. The maximum absolute atomic E-state index is 12.4.